The first-order valence-corrected chi connectivity index (χ1v) is 8.88. The van der Waals surface area contributed by atoms with Gasteiger partial charge in [0.2, 0.25) is 0 Å². The van der Waals surface area contributed by atoms with Gasteiger partial charge in [-0.2, -0.15) is 13.2 Å². The number of hydrogen-bond acceptors (Lipinski definition) is 4. The first-order chi connectivity index (χ1) is 13.4. The van der Waals surface area contributed by atoms with E-state index < -0.39 is 23.8 Å². The van der Waals surface area contributed by atoms with Gasteiger partial charge in [-0.05, 0) is 42.2 Å². The van der Waals surface area contributed by atoms with Crippen molar-refractivity contribution in [1.82, 2.24) is 5.06 Å². The number of aryl methyl sites for hydroxylation is 1. The van der Waals surface area contributed by atoms with Gasteiger partial charge in [0, 0.05) is 5.56 Å². The van der Waals surface area contributed by atoms with E-state index in [1.807, 2.05) is 0 Å². The average molecular weight is 389 g/mol. The maximum Gasteiger partial charge on any atom is 0.417 e. The molecule has 0 amide bonds. The van der Waals surface area contributed by atoms with E-state index >= 15 is 0 Å². The molecule has 0 radical (unpaired) electrons. The lowest BCUT2D eigenvalue weighted by Crippen LogP contribution is -2.44. The predicted molar refractivity (Wildman–Crippen MR) is 95.7 cm³/mol. The van der Waals surface area contributed by atoms with Crippen molar-refractivity contribution in [2.75, 3.05) is 7.11 Å². The zero-order valence-corrected chi connectivity index (χ0v) is 15.1. The topological polar surface area (TPSA) is 38.8 Å². The first kappa shape index (κ1) is 18.6. The summed E-state index contributed by atoms with van der Waals surface area (Å²) in [4.78, 5) is 18.4. The minimum Gasteiger partial charge on any atom is -0.497 e. The Bertz CT molecular complexity index is 924. The molecular weight excluding hydrogens is 371 g/mol. The molecule has 0 spiro atoms. The van der Waals surface area contributed by atoms with E-state index in [1.54, 1.807) is 55.6 Å². The highest BCUT2D eigenvalue weighted by Gasteiger charge is 2.50. The Balaban J connectivity index is 1.69. The van der Waals surface area contributed by atoms with E-state index in [0.717, 1.165) is 5.56 Å². The van der Waals surface area contributed by atoms with Gasteiger partial charge in [0.25, 0.3) is 0 Å². The average Bonchev–Trinajstić information content (AvgIpc) is 3.14. The standard InChI is InChI=1S/C21H18F3NO3/c1-27-15-8-9-16-14(11-15)7-10-18(20(16)26)25-19(13-5-3-2-4-6-13)17(12-28-25)21(22,23)24/h2-6,8-9,11-12,18-19H,7,10H2,1H3. The SMILES string of the molecule is COc1ccc2c(c1)CCC(N1OC=C(C(F)(F)F)C1c1ccccc1)C2=O. The number of benzene rings is 2. The number of Topliss-reactive ketones (excluding diaryl/α,β-unsaturated/α-hetero) is 1. The second-order valence-corrected chi connectivity index (χ2v) is 6.79. The van der Waals surface area contributed by atoms with Crippen LogP contribution in [0.2, 0.25) is 0 Å². The van der Waals surface area contributed by atoms with Crippen LogP contribution in [0.3, 0.4) is 0 Å². The lowest BCUT2D eigenvalue weighted by atomic mass is 9.85. The summed E-state index contributed by atoms with van der Waals surface area (Å²) in [6.45, 7) is 0. The van der Waals surface area contributed by atoms with Crippen molar-refractivity contribution < 1.29 is 27.5 Å². The van der Waals surface area contributed by atoms with Crippen LogP contribution in [0.25, 0.3) is 0 Å². The third-order valence-electron chi connectivity index (χ3n) is 5.17. The van der Waals surface area contributed by atoms with Crippen LogP contribution in [-0.4, -0.2) is 30.2 Å². The van der Waals surface area contributed by atoms with Gasteiger partial charge < -0.3 is 9.57 Å². The summed E-state index contributed by atoms with van der Waals surface area (Å²) in [5.74, 6) is 0.396. The molecule has 2 aliphatic rings. The number of carbonyl (C=O) groups excluding carboxylic acids is 1. The van der Waals surface area contributed by atoms with Gasteiger partial charge in [0.05, 0.1) is 12.7 Å². The molecule has 1 heterocycles. The van der Waals surface area contributed by atoms with Gasteiger partial charge in [-0.1, -0.05) is 30.3 Å². The molecule has 0 fully saturated rings. The van der Waals surface area contributed by atoms with Gasteiger partial charge in [-0.3, -0.25) is 4.79 Å². The molecule has 7 heteroatoms. The Morgan fingerprint density at radius 2 is 1.89 bits per heavy atom. The van der Waals surface area contributed by atoms with Crippen LogP contribution in [0.1, 0.15) is 33.9 Å². The highest BCUT2D eigenvalue weighted by Crippen LogP contribution is 2.45. The maximum atomic E-state index is 13.6. The molecule has 1 aliphatic heterocycles. The smallest absolute Gasteiger partial charge is 0.417 e. The van der Waals surface area contributed by atoms with Crippen LogP contribution >= 0.6 is 0 Å². The number of carbonyl (C=O) groups is 1. The minimum atomic E-state index is -4.56. The molecule has 4 nitrogen and oxygen atoms in total. The third kappa shape index (κ3) is 3.16. The summed E-state index contributed by atoms with van der Waals surface area (Å²) in [5, 5.41) is 1.19. The van der Waals surface area contributed by atoms with Gasteiger partial charge in [0.15, 0.2) is 5.78 Å². The number of rotatable bonds is 3. The molecule has 0 N–H and O–H groups in total. The monoisotopic (exact) mass is 389 g/mol. The number of ketones is 1. The summed E-state index contributed by atoms with van der Waals surface area (Å²) in [6, 6.07) is 11.4. The Morgan fingerprint density at radius 1 is 1.14 bits per heavy atom. The van der Waals surface area contributed by atoms with Crippen molar-refractivity contribution in [3.63, 3.8) is 0 Å². The largest absolute Gasteiger partial charge is 0.497 e. The van der Waals surface area contributed by atoms with Crippen molar-refractivity contribution in [2.24, 2.45) is 0 Å². The third-order valence-corrected chi connectivity index (χ3v) is 5.17. The molecule has 0 saturated carbocycles. The van der Waals surface area contributed by atoms with E-state index in [2.05, 4.69) is 0 Å². The number of hydroxylamine groups is 2. The van der Waals surface area contributed by atoms with Crippen molar-refractivity contribution in [1.29, 1.82) is 0 Å². The summed E-state index contributed by atoms with van der Waals surface area (Å²) in [6.07, 6.45) is -2.93. The van der Waals surface area contributed by atoms with E-state index in [9.17, 15) is 18.0 Å². The van der Waals surface area contributed by atoms with E-state index in [0.29, 0.717) is 36.0 Å². The number of hydrogen-bond donors (Lipinski definition) is 0. The first-order valence-electron chi connectivity index (χ1n) is 8.88. The highest BCUT2D eigenvalue weighted by atomic mass is 19.4. The number of methoxy groups -OCH3 is 1. The zero-order valence-electron chi connectivity index (χ0n) is 15.1. The van der Waals surface area contributed by atoms with Crippen LogP contribution in [-0.2, 0) is 11.3 Å². The maximum absolute atomic E-state index is 13.6. The van der Waals surface area contributed by atoms with Crippen LogP contribution in [0.4, 0.5) is 13.2 Å². The Kier molecular flexibility index (Phi) is 4.63. The van der Waals surface area contributed by atoms with Crippen molar-refractivity contribution in [2.45, 2.75) is 31.1 Å². The Labute approximate surface area is 160 Å². The summed E-state index contributed by atoms with van der Waals surface area (Å²) in [5.41, 5.74) is 0.942. The van der Waals surface area contributed by atoms with Gasteiger partial charge in [-0.15, -0.1) is 5.06 Å². The zero-order chi connectivity index (χ0) is 19.9. The van der Waals surface area contributed by atoms with Crippen molar-refractivity contribution in [3.05, 3.63) is 77.1 Å². The lowest BCUT2D eigenvalue weighted by Gasteiger charge is -2.34. The number of alkyl halides is 3. The van der Waals surface area contributed by atoms with E-state index in [4.69, 9.17) is 9.57 Å². The molecule has 2 aromatic carbocycles. The number of nitrogens with zero attached hydrogens (tertiary/aromatic N) is 1. The quantitative estimate of drug-likeness (QED) is 0.768. The molecule has 2 aromatic rings. The second-order valence-electron chi connectivity index (χ2n) is 6.79. The van der Waals surface area contributed by atoms with Gasteiger partial charge >= 0.3 is 6.18 Å². The number of halogens is 3. The molecule has 2 atom stereocenters. The minimum absolute atomic E-state index is 0.248. The summed E-state index contributed by atoms with van der Waals surface area (Å²) >= 11 is 0. The second kappa shape index (κ2) is 6.98. The molecule has 4 rings (SSSR count). The lowest BCUT2D eigenvalue weighted by molar-refractivity contribution is -0.141. The van der Waals surface area contributed by atoms with Gasteiger partial charge in [-0.25, -0.2) is 0 Å². The van der Waals surface area contributed by atoms with E-state index in [1.165, 1.54) is 5.06 Å². The van der Waals surface area contributed by atoms with E-state index in [-0.39, 0.29) is 5.78 Å². The molecule has 0 aromatic heterocycles. The fourth-order valence-corrected chi connectivity index (χ4v) is 3.81. The Hall–Kier alpha value is -2.80. The van der Waals surface area contributed by atoms with Crippen LogP contribution in [0.15, 0.2) is 60.4 Å². The summed E-state index contributed by atoms with van der Waals surface area (Å²) in [7, 11) is 1.54. The molecule has 28 heavy (non-hydrogen) atoms. The molecule has 2 unspecified atom stereocenters. The van der Waals surface area contributed by atoms with Crippen LogP contribution < -0.4 is 4.74 Å². The highest BCUT2D eigenvalue weighted by molar-refractivity contribution is 6.02. The van der Waals surface area contributed by atoms with Crippen LogP contribution in [0.5, 0.6) is 5.75 Å². The van der Waals surface area contributed by atoms with Crippen molar-refractivity contribution in [3.8, 4) is 5.75 Å². The fraction of sp³-hybridized carbons (Fsp3) is 0.286. The molecule has 146 valence electrons. The van der Waals surface area contributed by atoms with Crippen molar-refractivity contribution >= 4 is 5.78 Å². The van der Waals surface area contributed by atoms with Gasteiger partial charge in [0.1, 0.15) is 24.1 Å². The predicted octanol–water partition coefficient (Wildman–Crippen LogP) is 4.63. The summed E-state index contributed by atoms with van der Waals surface area (Å²) < 4.78 is 45.9. The molecule has 1 aliphatic carbocycles. The van der Waals surface area contributed by atoms with Crippen LogP contribution in [0, 0.1) is 0 Å². The molecular formula is C21H18F3NO3. The fourth-order valence-electron chi connectivity index (χ4n) is 3.81. The number of fused-ring (bicyclic) bond motifs is 1. The molecule has 0 saturated heterocycles. The number of ether oxygens (including phenoxy) is 1. The normalized spacial score (nSPS) is 22.4. The molecule has 0 bridgehead atoms. The Morgan fingerprint density at radius 3 is 2.57 bits per heavy atom.